The second-order valence-electron chi connectivity index (χ2n) is 4.76. The molecular formula is C13H17NOS. The molecule has 3 rings (SSSR count). The van der Waals surface area contributed by atoms with Crippen molar-refractivity contribution in [1.82, 2.24) is 0 Å². The Bertz CT molecular complexity index is 385. The van der Waals surface area contributed by atoms with Gasteiger partial charge in [0.1, 0.15) is 0 Å². The quantitative estimate of drug-likeness (QED) is 0.868. The summed E-state index contributed by atoms with van der Waals surface area (Å²) in [5, 5.41) is 0.648. The average molecular weight is 235 g/mol. The summed E-state index contributed by atoms with van der Waals surface area (Å²) in [5.41, 5.74) is 7.68. The summed E-state index contributed by atoms with van der Waals surface area (Å²) in [5.74, 6) is 0. The predicted molar refractivity (Wildman–Crippen MR) is 66.9 cm³/mol. The average Bonchev–Trinajstić information content (AvgIpc) is 3.05. The molecule has 1 aromatic rings. The number of nitrogens with two attached hydrogens (primary N) is 1. The molecule has 0 amide bonds. The summed E-state index contributed by atoms with van der Waals surface area (Å²) in [7, 11) is 0. The number of hydrogen-bond donors (Lipinski definition) is 1. The van der Waals surface area contributed by atoms with Crippen LogP contribution in [0.2, 0.25) is 0 Å². The molecular weight excluding hydrogens is 218 g/mol. The molecule has 1 saturated heterocycles. The van der Waals surface area contributed by atoms with Crippen LogP contribution in [0.25, 0.3) is 0 Å². The maximum Gasteiger partial charge on any atom is 0.0611 e. The third kappa shape index (κ3) is 1.77. The van der Waals surface area contributed by atoms with Crippen LogP contribution < -0.4 is 5.73 Å². The first-order valence-electron chi connectivity index (χ1n) is 5.88. The zero-order valence-electron chi connectivity index (χ0n) is 9.32. The van der Waals surface area contributed by atoms with Gasteiger partial charge in [0.2, 0.25) is 0 Å². The number of benzene rings is 1. The molecule has 86 valence electrons. The van der Waals surface area contributed by atoms with Crippen LogP contribution in [0.15, 0.2) is 29.2 Å². The molecule has 0 unspecified atom stereocenters. The van der Waals surface area contributed by atoms with Gasteiger partial charge in [0.15, 0.2) is 0 Å². The minimum absolute atomic E-state index is 0.300. The maximum absolute atomic E-state index is 5.91. The molecule has 1 aromatic carbocycles. The topological polar surface area (TPSA) is 35.2 Å². The minimum Gasteiger partial charge on any atom is -0.379 e. The number of rotatable bonds is 4. The molecule has 2 aliphatic rings. The van der Waals surface area contributed by atoms with Gasteiger partial charge >= 0.3 is 0 Å². The fourth-order valence-electron chi connectivity index (χ4n) is 2.20. The van der Waals surface area contributed by atoms with Gasteiger partial charge < -0.3 is 10.5 Å². The van der Waals surface area contributed by atoms with Crippen LogP contribution in [0.5, 0.6) is 0 Å². The Hall–Kier alpha value is -0.510. The van der Waals surface area contributed by atoms with Crippen molar-refractivity contribution in [2.75, 3.05) is 19.8 Å². The molecule has 1 heterocycles. The summed E-state index contributed by atoms with van der Waals surface area (Å²) in [4.78, 5) is 1.42. The summed E-state index contributed by atoms with van der Waals surface area (Å²) < 4.78 is 5.23. The molecule has 16 heavy (non-hydrogen) atoms. The Kier molecular flexibility index (Phi) is 2.70. The smallest absolute Gasteiger partial charge is 0.0611 e. The van der Waals surface area contributed by atoms with Crippen molar-refractivity contribution >= 4 is 11.8 Å². The number of hydrogen-bond acceptors (Lipinski definition) is 3. The van der Waals surface area contributed by atoms with Crippen LogP contribution in [0.1, 0.15) is 18.4 Å². The SMILES string of the molecule is NCC1(c2ccccc2SC2COC2)CC1. The van der Waals surface area contributed by atoms with Crippen molar-refractivity contribution in [3.05, 3.63) is 29.8 Å². The highest BCUT2D eigenvalue weighted by Gasteiger charge is 2.44. The minimum atomic E-state index is 0.300. The third-order valence-electron chi connectivity index (χ3n) is 3.60. The monoisotopic (exact) mass is 235 g/mol. The van der Waals surface area contributed by atoms with E-state index in [1.54, 1.807) is 0 Å². The lowest BCUT2D eigenvalue weighted by molar-refractivity contribution is 0.0455. The van der Waals surface area contributed by atoms with E-state index in [1.165, 1.54) is 23.3 Å². The van der Waals surface area contributed by atoms with Gasteiger partial charge in [-0.15, -0.1) is 11.8 Å². The molecule has 0 spiro atoms. The van der Waals surface area contributed by atoms with E-state index in [4.69, 9.17) is 10.5 Å². The summed E-state index contributed by atoms with van der Waals surface area (Å²) in [6.45, 7) is 2.58. The normalized spacial score (nSPS) is 22.8. The van der Waals surface area contributed by atoms with Crippen molar-refractivity contribution in [2.45, 2.75) is 28.4 Å². The lowest BCUT2D eigenvalue weighted by atomic mass is 9.96. The Morgan fingerprint density at radius 3 is 2.62 bits per heavy atom. The van der Waals surface area contributed by atoms with E-state index >= 15 is 0 Å². The Morgan fingerprint density at radius 2 is 2.06 bits per heavy atom. The fourth-order valence-corrected chi connectivity index (χ4v) is 3.46. The lowest BCUT2D eigenvalue weighted by Gasteiger charge is -2.27. The highest BCUT2D eigenvalue weighted by Crippen LogP contribution is 2.50. The lowest BCUT2D eigenvalue weighted by Crippen LogP contribution is -2.30. The van der Waals surface area contributed by atoms with Crippen molar-refractivity contribution < 1.29 is 4.74 Å². The molecule has 0 aromatic heterocycles. The van der Waals surface area contributed by atoms with Gasteiger partial charge in [-0.3, -0.25) is 0 Å². The first kappa shape index (κ1) is 10.6. The van der Waals surface area contributed by atoms with Crippen molar-refractivity contribution in [2.24, 2.45) is 5.73 Å². The molecule has 0 atom stereocenters. The van der Waals surface area contributed by atoms with E-state index in [9.17, 15) is 0 Å². The van der Waals surface area contributed by atoms with Crippen molar-refractivity contribution in [1.29, 1.82) is 0 Å². The van der Waals surface area contributed by atoms with Crippen molar-refractivity contribution in [3.8, 4) is 0 Å². The fraction of sp³-hybridized carbons (Fsp3) is 0.538. The molecule has 2 N–H and O–H groups in total. The summed E-state index contributed by atoms with van der Waals surface area (Å²) in [6, 6.07) is 8.74. The van der Waals surface area contributed by atoms with Gasteiger partial charge in [0, 0.05) is 16.9 Å². The predicted octanol–water partition coefficient (Wildman–Crippen LogP) is 2.17. The zero-order chi connectivity index (χ0) is 11.0. The van der Waals surface area contributed by atoms with Crippen LogP contribution in [0, 0.1) is 0 Å². The van der Waals surface area contributed by atoms with E-state index in [1.807, 2.05) is 11.8 Å². The first-order chi connectivity index (χ1) is 7.84. The van der Waals surface area contributed by atoms with E-state index in [2.05, 4.69) is 24.3 Å². The Balaban J connectivity index is 1.85. The highest BCUT2D eigenvalue weighted by atomic mass is 32.2. The highest BCUT2D eigenvalue weighted by molar-refractivity contribution is 8.00. The second-order valence-corrected chi connectivity index (χ2v) is 6.10. The van der Waals surface area contributed by atoms with E-state index in [0.717, 1.165) is 19.8 Å². The van der Waals surface area contributed by atoms with Gasteiger partial charge in [0.25, 0.3) is 0 Å². The molecule has 0 radical (unpaired) electrons. The maximum atomic E-state index is 5.91. The molecule has 0 bridgehead atoms. The zero-order valence-corrected chi connectivity index (χ0v) is 10.1. The largest absolute Gasteiger partial charge is 0.379 e. The Labute approximate surface area is 101 Å². The second kappa shape index (κ2) is 4.06. The van der Waals surface area contributed by atoms with Crippen LogP contribution in [-0.4, -0.2) is 25.0 Å². The van der Waals surface area contributed by atoms with Gasteiger partial charge in [-0.25, -0.2) is 0 Å². The van der Waals surface area contributed by atoms with E-state index in [-0.39, 0.29) is 0 Å². The van der Waals surface area contributed by atoms with Crippen molar-refractivity contribution in [3.63, 3.8) is 0 Å². The van der Waals surface area contributed by atoms with Crippen LogP contribution in [-0.2, 0) is 10.2 Å². The molecule has 1 aliphatic heterocycles. The van der Waals surface area contributed by atoms with Gasteiger partial charge in [0.05, 0.1) is 18.5 Å². The van der Waals surface area contributed by atoms with E-state index < -0.39 is 0 Å². The van der Waals surface area contributed by atoms with E-state index in [0.29, 0.717) is 10.7 Å². The first-order valence-corrected chi connectivity index (χ1v) is 6.76. The number of ether oxygens (including phenoxy) is 1. The van der Waals surface area contributed by atoms with Gasteiger partial charge in [-0.2, -0.15) is 0 Å². The van der Waals surface area contributed by atoms with Gasteiger partial charge in [-0.1, -0.05) is 18.2 Å². The molecule has 1 aliphatic carbocycles. The molecule has 2 nitrogen and oxygen atoms in total. The molecule has 2 fully saturated rings. The van der Waals surface area contributed by atoms with Crippen LogP contribution in [0.3, 0.4) is 0 Å². The molecule has 1 saturated carbocycles. The van der Waals surface area contributed by atoms with Gasteiger partial charge in [-0.05, 0) is 24.5 Å². The summed E-state index contributed by atoms with van der Waals surface area (Å²) >= 11 is 1.96. The third-order valence-corrected chi connectivity index (χ3v) is 4.82. The Morgan fingerprint density at radius 1 is 1.31 bits per heavy atom. The summed E-state index contributed by atoms with van der Waals surface area (Å²) in [6.07, 6.45) is 2.50. The standard InChI is InChI=1S/C13H17NOS/c14-9-13(5-6-13)11-3-1-2-4-12(11)16-10-7-15-8-10/h1-4,10H,5-9,14H2. The van der Waals surface area contributed by atoms with Crippen LogP contribution >= 0.6 is 11.8 Å². The number of thioether (sulfide) groups is 1. The molecule has 3 heteroatoms. The van der Waals surface area contributed by atoms with Crippen LogP contribution in [0.4, 0.5) is 0 Å².